The van der Waals surface area contributed by atoms with Gasteiger partial charge in [0.05, 0.1) is 0 Å². The summed E-state index contributed by atoms with van der Waals surface area (Å²) in [5.41, 5.74) is 0. The molecule has 2 fully saturated rings. The van der Waals surface area contributed by atoms with E-state index in [1.807, 2.05) is 0 Å². The quantitative estimate of drug-likeness (QED) is 0.556. The molecule has 0 aromatic heterocycles. The molecule has 1 unspecified atom stereocenters. The second-order valence-electron chi connectivity index (χ2n) is 4.80. The van der Waals surface area contributed by atoms with Crippen molar-refractivity contribution in [3.05, 3.63) is 0 Å². The zero-order valence-corrected chi connectivity index (χ0v) is 10.3. The Morgan fingerprint density at radius 1 is 0.462 bits per heavy atom. The van der Waals surface area contributed by atoms with E-state index >= 15 is 0 Å². The van der Waals surface area contributed by atoms with Crippen molar-refractivity contribution in [1.82, 2.24) is 0 Å². The van der Waals surface area contributed by atoms with Crippen molar-refractivity contribution in [2.24, 2.45) is 11.8 Å². The predicted molar refractivity (Wildman–Crippen MR) is 64.3 cm³/mol. The molecule has 0 N–H and O–H groups in total. The minimum Gasteiger partial charge on any atom is -0.153 e. The lowest BCUT2D eigenvalue weighted by Gasteiger charge is -2.32. The Balaban J connectivity index is 0.000000845. The van der Waals surface area contributed by atoms with E-state index in [2.05, 4.69) is 0 Å². The van der Waals surface area contributed by atoms with E-state index < -0.39 is 0 Å². The van der Waals surface area contributed by atoms with Crippen LogP contribution in [-0.2, 0) is 0 Å². The molecule has 13 heavy (non-hydrogen) atoms. The van der Waals surface area contributed by atoms with E-state index in [0.29, 0.717) is 0 Å². The van der Waals surface area contributed by atoms with Crippen molar-refractivity contribution in [3.8, 4) is 0 Å². The SMILES string of the molecule is C1CCC(C2CCCCC2)CC1.P. The van der Waals surface area contributed by atoms with Crippen molar-refractivity contribution < 1.29 is 0 Å². The summed E-state index contributed by atoms with van der Waals surface area (Å²) in [6, 6.07) is 0. The van der Waals surface area contributed by atoms with Gasteiger partial charge in [0.15, 0.2) is 0 Å². The lowest BCUT2D eigenvalue weighted by atomic mass is 9.73. The summed E-state index contributed by atoms with van der Waals surface area (Å²) in [6.45, 7) is 0. The monoisotopic (exact) mass is 200 g/mol. The van der Waals surface area contributed by atoms with Crippen LogP contribution in [0.5, 0.6) is 0 Å². The topological polar surface area (TPSA) is 0 Å². The van der Waals surface area contributed by atoms with Crippen LogP contribution in [0.4, 0.5) is 0 Å². The van der Waals surface area contributed by atoms with Gasteiger partial charge in [0.25, 0.3) is 0 Å². The number of hydrogen-bond acceptors (Lipinski definition) is 0. The molecular weight excluding hydrogens is 175 g/mol. The maximum atomic E-state index is 1.56. The molecule has 0 radical (unpaired) electrons. The first-order valence-corrected chi connectivity index (χ1v) is 5.97. The van der Waals surface area contributed by atoms with E-state index in [1.165, 1.54) is 38.5 Å². The molecular formula is C12H25P. The summed E-state index contributed by atoms with van der Waals surface area (Å²) in [7, 11) is 0. The molecule has 78 valence electrons. The minimum atomic E-state index is 0. The molecule has 2 saturated carbocycles. The zero-order valence-electron chi connectivity index (χ0n) is 8.93. The van der Waals surface area contributed by atoms with Crippen LogP contribution in [0.25, 0.3) is 0 Å². The van der Waals surface area contributed by atoms with Crippen molar-refractivity contribution in [1.29, 1.82) is 0 Å². The average molecular weight is 200 g/mol. The van der Waals surface area contributed by atoms with E-state index in [1.54, 1.807) is 25.7 Å². The number of rotatable bonds is 1. The lowest BCUT2D eigenvalue weighted by Crippen LogP contribution is -2.20. The first-order valence-electron chi connectivity index (χ1n) is 5.97. The Hall–Kier alpha value is 0.430. The smallest absolute Gasteiger partial charge is 0.0386 e. The van der Waals surface area contributed by atoms with Gasteiger partial charge >= 0.3 is 0 Å². The van der Waals surface area contributed by atoms with Gasteiger partial charge in [-0.1, -0.05) is 64.2 Å². The summed E-state index contributed by atoms with van der Waals surface area (Å²) in [4.78, 5) is 0. The van der Waals surface area contributed by atoms with E-state index in [4.69, 9.17) is 0 Å². The number of hydrogen-bond donors (Lipinski definition) is 0. The summed E-state index contributed by atoms with van der Waals surface area (Å²) in [5.74, 6) is 2.28. The minimum absolute atomic E-state index is 0. The third kappa shape index (κ3) is 3.24. The predicted octanol–water partition coefficient (Wildman–Crippen LogP) is 4.21. The highest BCUT2D eigenvalue weighted by atomic mass is 31.0. The molecule has 0 bridgehead atoms. The molecule has 0 saturated heterocycles. The van der Waals surface area contributed by atoms with Gasteiger partial charge in [-0.2, -0.15) is 9.90 Å². The molecule has 2 aliphatic rings. The van der Waals surface area contributed by atoms with Crippen LogP contribution in [-0.4, -0.2) is 0 Å². The van der Waals surface area contributed by atoms with Crippen LogP contribution in [0, 0.1) is 11.8 Å². The fourth-order valence-corrected chi connectivity index (χ4v) is 3.21. The van der Waals surface area contributed by atoms with Crippen LogP contribution >= 0.6 is 9.90 Å². The van der Waals surface area contributed by atoms with Gasteiger partial charge in [-0.05, 0) is 11.8 Å². The fourth-order valence-electron chi connectivity index (χ4n) is 3.21. The molecule has 0 aromatic rings. The molecule has 0 spiro atoms. The van der Waals surface area contributed by atoms with Crippen molar-refractivity contribution in [2.45, 2.75) is 64.2 Å². The fraction of sp³-hybridized carbons (Fsp3) is 1.00. The van der Waals surface area contributed by atoms with Gasteiger partial charge in [0.1, 0.15) is 0 Å². The maximum absolute atomic E-state index is 1.56. The Bertz CT molecular complexity index is 105. The Labute approximate surface area is 86.5 Å². The molecule has 0 aromatic carbocycles. The molecule has 0 heterocycles. The van der Waals surface area contributed by atoms with Crippen LogP contribution in [0.1, 0.15) is 64.2 Å². The third-order valence-electron chi connectivity index (χ3n) is 3.97. The van der Waals surface area contributed by atoms with Crippen molar-refractivity contribution in [2.75, 3.05) is 0 Å². The highest BCUT2D eigenvalue weighted by Gasteiger charge is 2.24. The average Bonchev–Trinajstić information content (AvgIpc) is 2.21. The summed E-state index contributed by atoms with van der Waals surface area (Å²) in [5, 5.41) is 0. The molecule has 1 atom stereocenters. The summed E-state index contributed by atoms with van der Waals surface area (Å²) in [6.07, 6.45) is 15.4. The molecule has 2 aliphatic carbocycles. The van der Waals surface area contributed by atoms with Crippen molar-refractivity contribution in [3.63, 3.8) is 0 Å². The largest absolute Gasteiger partial charge is 0.153 e. The van der Waals surface area contributed by atoms with Crippen LogP contribution in [0.3, 0.4) is 0 Å². The first kappa shape index (κ1) is 11.5. The summed E-state index contributed by atoms with van der Waals surface area (Å²) < 4.78 is 0. The molecule has 0 nitrogen and oxygen atoms in total. The van der Waals surface area contributed by atoms with Gasteiger partial charge < -0.3 is 0 Å². The van der Waals surface area contributed by atoms with Gasteiger partial charge in [0.2, 0.25) is 0 Å². The highest BCUT2D eigenvalue weighted by Crippen LogP contribution is 2.37. The Kier molecular flexibility index (Phi) is 5.32. The molecule has 1 heteroatoms. The highest BCUT2D eigenvalue weighted by molar-refractivity contribution is 6.92. The van der Waals surface area contributed by atoms with Gasteiger partial charge in [-0.15, -0.1) is 0 Å². The lowest BCUT2D eigenvalue weighted by molar-refractivity contribution is 0.196. The van der Waals surface area contributed by atoms with Crippen LogP contribution in [0.15, 0.2) is 0 Å². The van der Waals surface area contributed by atoms with Crippen molar-refractivity contribution >= 4 is 9.90 Å². The Morgan fingerprint density at radius 3 is 1.08 bits per heavy atom. The Morgan fingerprint density at radius 2 is 0.769 bits per heavy atom. The zero-order chi connectivity index (χ0) is 8.23. The second-order valence-corrected chi connectivity index (χ2v) is 4.80. The van der Waals surface area contributed by atoms with E-state index in [0.717, 1.165) is 11.8 Å². The standard InChI is InChI=1S/C12H22.H3P/c1-3-7-11(8-4-1)12-9-5-2-6-10-12;/h11-12H,1-10H2;1H3. The molecule has 0 amide bonds. The van der Waals surface area contributed by atoms with Gasteiger partial charge in [-0.25, -0.2) is 0 Å². The molecule has 2 rings (SSSR count). The van der Waals surface area contributed by atoms with Gasteiger partial charge in [-0.3, -0.25) is 0 Å². The first-order chi connectivity index (χ1) is 5.97. The van der Waals surface area contributed by atoms with Crippen LogP contribution < -0.4 is 0 Å². The van der Waals surface area contributed by atoms with E-state index in [-0.39, 0.29) is 9.90 Å². The van der Waals surface area contributed by atoms with E-state index in [9.17, 15) is 0 Å². The van der Waals surface area contributed by atoms with Gasteiger partial charge in [0, 0.05) is 0 Å². The third-order valence-corrected chi connectivity index (χ3v) is 3.97. The summed E-state index contributed by atoms with van der Waals surface area (Å²) >= 11 is 0. The maximum Gasteiger partial charge on any atom is -0.0386 e. The second kappa shape index (κ2) is 6.02. The molecule has 0 aliphatic heterocycles. The van der Waals surface area contributed by atoms with Crippen LogP contribution in [0.2, 0.25) is 0 Å². The normalized spacial score (nSPS) is 26.8.